The Bertz CT molecular complexity index is 361. The maximum absolute atomic E-state index is 10.8. The molecule has 16 heavy (non-hydrogen) atoms. The van der Waals surface area contributed by atoms with E-state index in [1.165, 1.54) is 18.3 Å². The van der Waals surface area contributed by atoms with Gasteiger partial charge < -0.3 is 9.84 Å². The molecule has 0 fully saturated rings. The van der Waals surface area contributed by atoms with E-state index >= 15 is 0 Å². The average molecular weight is 223 g/mol. The second-order valence-corrected chi connectivity index (χ2v) is 3.27. The van der Waals surface area contributed by atoms with Crippen molar-refractivity contribution in [1.82, 2.24) is 4.98 Å². The predicted octanol–water partition coefficient (Wildman–Crippen LogP) is 1.53. The summed E-state index contributed by atoms with van der Waals surface area (Å²) in [7, 11) is 0. The van der Waals surface area contributed by atoms with E-state index in [0.717, 1.165) is 6.42 Å². The van der Waals surface area contributed by atoms with Gasteiger partial charge in [0.25, 0.3) is 0 Å². The van der Waals surface area contributed by atoms with Crippen LogP contribution in [0.4, 0.5) is 0 Å². The summed E-state index contributed by atoms with van der Waals surface area (Å²) in [6.45, 7) is 1.88. The lowest BCUT2D eigenvalue weighted by molar-refractivity contribution is -0.145. The molecule has 0 aliphatic heterocycles. The number of carboxylic acid groups (broad SMARTS) is 1. The van der Waals surface area contributed by atoms with E-state index < -0.39 is 12.1 Å². The molecule has 1 aromatic heterocycles. The zero-order valence-corrected chi connectivity index (χ0v) is 8.92. The Labute approximate surface area is 93.1 Å². The molecule has 5 heteroatoms. The first-order valence-electron chi connectivity index (χ1n) is 4.98. The first-order chi connectivity index (χ1) is 7.67. The lowest BCUT2D eigenvalue weighted by Crippen LogP contribution is -2.26. The van der Waals surface area contributed by atoms with E-state index in [1.54, 1.807) is 0 Å². The maximum atomic E-state index is 10.8. The van der Waals surface area contributed by atoms with Crippen LogP contribution in [0.5, 0.6) is 5.75 Å². The minimum absolute atomic E-state index is 0.287. The Morgan fingerprint density at radius 2 is 2.38 bits per heavy atom. The van der Waals surface area contributed by atoms with Crippen molar-refractivity contribution in [3.63, 3.8) is 0 Å². The number of aliphatic carboxylic acids is 1. The Hall–Kier alpha value is -1.91. The van der Waals surface area contributed by atoms with Gasteiger partial charge in [-0.05, 0) is 18.6 Å². The zero-order valence-electron chi connectivity index (χ0n) is 8.92. The van der Waals surface area contributed by atoms with E-state index in [0.29, 0.717) is 18.5 Å². The summed E-state index contributed by atoms with van der Waals surface area (Å²) in [6.07, 6.45) is 2.25. The molecule has 1 atom stereocenters. The fourth-order valence-corrected chi connectivity index (χ4v) is 1.19. The molecule has 0 bridgehead atoms. The number of hydrogen-bond acceptors (Lipinski definition) is 4. The summed E-state index contributed by atoms with van der Waals surface area (Å²) in [4.78, 5) is 25.0. The first-order valence-corrected chi connectivity index (χ1v) is 4.98. The second kappa shape index (κ2) is 5.85. The van der Waals surface area contributed by atoms with Gasteiger partial charge in [-0.2, -0.15) is 0 Å². The van der Waals surface area contributed by atoms with Gasteiger partial charge in [-0.25, -0.2) is 9.78 Å². The topological polar surface area (TPSA) is 76.5 Å². The van der Waals surface area contributed by atoms with Crippen LogP contribution in [0.2, 0.25) is 0 Å². The maximum Gasteiger partial charge on any atom is 0.344 e. The van der Waals surface area contributed by atoms with Crippen LogP contribution < -0.4 is 4.74 Å². The van der Waals surface area contributed by atoms with E-state index in [9.17, 15) is 9.59 Å². The van der Waals surface area contributed by atoms with Crippen molar-refractivity contribution in [2.24, 2.45) is 0 Å². The van der Waals surface area contributed by atoms with Gasteiger partial charge in [-0.3, -0.25) is 4.79 Å². The molecule has 0 aromatic carbocycles. The quantitative estimate of drug-likeness (QED) is 0.740. The van der Waals surface area contributed by atoms with Gasteiger partial charge in [0.15, 0.2) is 12.4 Å². The van der Waals surface area contributed by atoms with Crippen LogP contribution in [-0.4, -0.2) is 28.4 Å². The largest absolute Gasteiger partial charge is 0.479 e. The van der Waals surface area contributed by atoms with Gasteiger partial charge in [0, 0.05) is 0 Å². The van der Waals surface area contributed by atoms with Crippen LogP contribution in [0.25, 0.3) is 0 Å². The summed E-state index contributed by atoms with van der Waals surface area (Å²) in [6, 6.07) is 3.01. The molecule has 1 rings (SSSR count). The summed E-state index contributed by atoms with van der Waals surface area (Å²) >= 11 is 0. The number of carboxylic acids is 1. The fourth-order valence-electron chi connectivity index (χ4n) is 1.19. The number of pyridine rings is 1. The summed E-state index contributed by atoms with van der Waals surface area (Å²) in [5.41, 5.74) is 0.287. The number of carbonyl (C=O) groups is 2. The minimum atomic E-state index is -0.999. The molecular weight excluding hydrogens is 210 g/mol. The van der Waals surface area contributed by atoms with Crippen molar-refractivity contribution < 1.29 is 19.4 Å². The SMILES string of the molecule is CCCC(Oc1ccc(C=O)nc1)C(=O)O. The smallest absolute Gasteiger partial charge is 0.344 e. The van der Waals surface area contributed by atoms with Crippen LogP contribution in [0.15, 0.2) is 18.3 Å². The van der Waals surface area contributed by atoms with Crippen LogP contribution >= 0.6 is 0 Å². The molecule has 1 unspecified atom stereocenters. The highest BCUT2D eigenvalue weighted by molar-refractivity contribution is 5.73. The third-order valence-corrected chi connectivity index (χ3v) is 1.98. The lowest BCUT2D eigenvalue weighted by Gasteiger charge is -2.13. The van der Waals surface area contributed by atoms with E-state index in [-0.39, 0.29) is 5.69 Å². The van der Waals surface area contributed by atoms with Gasteiger partial charge in [0.05, 0.1) is 6.20 Å². The van der Waals surface area contributed by atoms with Crippen molar-refractivity contribution in [2.45, 2.75) is 25.9 Å². The van der Waals surface area contributed by atoms with Gasteiger partial charge in [-0.1, -0.05) is 13.3 Å². The average Bonchev–Trinajstić information content (AvgIpc) is 2.29. The molecular formula is C11H13NO4. The number of hydrogen-bond donors (Lipinski definition) is 1. The Morgan fingerprint density at radius 1 is 1.62 bits per heavy atom. The molecule has 0 aliphatic carbocycles. The second-order valence-electron chi connectivity index (χ2n) is 3.27. The highest BCUT2D eigenvalue weighted by Crippen LogP contribution is 2.13. The lowest BCUT2D eigenvalue weighted by atomic mass is 10.2. The molecule has 1 N–H and O–H groups in total. The zero-order chi connectivity index (χ0) is 12.0. The molecule has 1 heterocycles. The molecule has 0 saturated carbocycles. The van der Waals surface area contributed by atoms with E-state index in [1.807, 2.05) is 6.92 Å². The fraction of sp³-hybridized carbons (Fsp3) is 0.364. The standard InChI is InChI=1S/C11H13NO4/c1-2-3-10(11(14)15)16-9-5-4-8(7-13)12-6-9/h4-7,10H,2-3H2,1H3,(H,14,15). The molecule has 0 amide bonds. The Kier molecular flexibility index (Phi) is 4.44. The van der Waals surface area contributed by atoms with Gasteiger partial charge in [0.1, 0.15) is 11.4 Å². The van der Waals surface area contributed by atoms with Crippen molar-refractivity contribution in [3.05, 3.63) is 24.0 Å². The molecule has 0 radical (unpaired) electrons. The predicted molar refractivity (Wildman–Crippen MR) is 56.6 cm³/mol. The number of nitrogens with zero attached hydrogens (tertiary/aromatic N) is 1. The molecule has 0 saturated heterocycles. The van der Waals surface area contributed by atoms with E-state index in [2.05, 4.69) is 4.98 Å². The Balaban J connectivity index is 2.69. The molecule has 0 aliphatic rings. The number of carbonyl (C=O) groups excluding carboxylic acids is 1. The summed E-state index contributed by atoms with van der Waals surface area (Å²) < 4.78 is 5.24. The third-order valence-electron chi connectivity index (χ3n) is 1.98. The van der Waals surface area contributed by atoms with Crippen LogP contribution in [-0.2, 0) is 4.79 Å². The Morgan fingerprint density at radius 3 is 2.81 bits per heavy atom. The minimum Gasteiger partial charge on any atom is -0.479 e. The number of ether oxygens (including phenoxy) is 1. The van der Waals surface area contributed by atoms with E-state index in [4.69, 9.17) is 9.84 Å². The molecule has 86 valence electrons. The van der Waals surface area contributed by atoms with Gasteiger partial charge in [-0.15, -0.1) is 0 Å². The number of aromatic nitrogens is 1. The van der Waals surface area contributed by atoms with Crippen LogP contribution in [0.3, 0.4) is 0 Å². The summed E-state index contributed by atoms with van der Waals surface area (Å²) in [5, 5.41) is 8.86. The normalized spacial score (nSPS) is 11.8. The molecule has 5 nitrogen and oxygen atoms in total. The monoisotopic (exact) mass is 223 g/mol. The van der Waals surface area contributed by atoms with Crippen LogP contribution in [0.1, 0.15) is 30.3 Å². The first kappa shape index (κ1) is 12.2. The third kappa shape index (κ3) is 3.34. The number of aldehydes is 1. The molecule has 0 spiro atoms. The van der Waals surface area contributed by atoms with Crippen LogP contribution in [0, 0.1) is 0 Å². The highest BCUT2D eigenvalue weighted by atomic mass is 16.5. The molecule has 1 aromatic rings. The van der Waals surface area contributed by atoms with Crippen molar-refractivity contribution in [1.29, 1.82) is 0 Å². The highest BCUT2D eigenvalue weighted by Gasteiger charge is 2.18. The van der Waals surface area contributed by atoms with Crippen molar-refractivity contribution in [2.75, 3.05) is 0 Å². The van der Waals surface area contributed by atoms with Crippen molar-refractivity contribution in [3.8, 4) is 5.75 Å². The number of rotatable bonds is 6. The van der Waals surface area contributed by atoms with Gasteiger partial charge in [0.2, 0.25) is 0 Å². The van der Waals surface area contributed by atoms with Gasteiger partial charge >= 0.3 is 5.97 Å². The summed E-state index contributed by atoms with van der Waals surface area (Å²) in [5.74, 6) is -0.646. The van der Waals surface area contributed by atoms with Crippen molar-refractivity contribution >= 4 is 12.3 Å².